The second-order valence-electron chi connectivity index (χ2n) is 5.97. The Balaban J connectivity index is 0.00000208. The number of nitrogens with one attached hydrogen (secondary N) is 2. The Morgan fingerprint density at radius 1 is 1.46 bits per heavy atom. The quantitative estimate of drug-likeness (QED) is 0.865. The van der Waals surface area contributed by atoms with E-state index in [2.05, 4.69) is 22.5 Å². The first-order valence-corrected chi connectivity index (χ1v) is 8.66. The zero-order valence-electron chi connectivity index (χ0n) is 13.4. The standard InChI is InChI=1S/C17H20FN3OS.ClH/c1-11-8-13(6-7-19-11)16(22)21-17-20-10-14(23-17)9-12-4-2-3-5-15(12)18;/h2-5,10-11,13,19H,6-9H2,1H3,(H,20,21,22);1H/t11-,13-;/m0./s1. The van der Waals surface area contributed by atoms with E-state index in [-0.39, 0.29) is 30.0 Å². The number of hydrogen-bond donors (Lipinski definition) is 2. The largest absolute Gasteiger partial charge is 0.314 e. The number of piperidine rings is 1. The second kappa shape index (κ2) is 8.55. The van der Waals surface area contributed by atoms with Crippen molar-refractivity contribution in [3.8, 4) is 0 Å². The van der Waals surface area contributed by atoms with Crippen molar-refractivity contribution in [2.24, 2.45) is 5.92 Å². The molecule has 24 heavy (non-hydrogen) atoms. The molecule has 7 heteroatoms. The van der Waals surface area contributed by atoms with Gasteiger partial charge in [-0.2, -0.15) is 0 Å². The van der Waals surface area contributed by atoms with Crippen molar-refractivity contribution >= 4 is 34.8 Å². The van der Waals surface area contributed by atoms with Crippen molar-refractivity contribution in [2.75, 3.05) is 11.9 Å². The van der Waals surface area contributed by atoms with E-state index < -0.39 is 0 Å². The van der Waals surface area contributed by atoms with Crippen molar-refractivity contribution in [1.82, 2.24) is 10.3 Å². The van der Waals surface area contributed by atoms with E-state index in [1.165, 1.54) is 17.4 Å². The lowest BCUT2D eigenvalue weighted by molar-refractivity contribution is -0.120. The predicted octanol–water partition coefficient (Wildman–Crippen LogP) is 3.62. The van der Waals surface area contributed by atoms with Crippen LogP contribution in [0.15, 0.2) is 30.5 Å². The van der Waals surface area contributed by atoms with Crippen molar-refractivity contribution in [3.05, 3.63) is 46.7 Å². The number of thiazole rings is 1. The Morgan fingerprint density at radius 2 is 2.25 bits per heavy atom. The van der Waals surface area contributed by atoms with Crippen LogP contribution in [-0.2, 0) is 11.2 Å². The van der Waals surface area contributed by atoms with E-state index in [0.717, 1.165) is 24.3 Å². The Morgan fingerprint density at radius 3 is 3.00 bits per heavy atom. The summed E-state index contributed by atoms with van der Waals surface area (Å²) in [7, 11) is 0. The second-order valence-corrected chi connectivity index (χ2v) is 7.08. The molecule has 1 aliphatic rings. The summed E-state index contributed by atoms with van der Waals surface area (Å²) in [5.41, 5.74) is 0.640. The minimum absolute atomic E-state index is 0. The van der Waals surface area contributed by atoms with Crippen LogP contribution in [0.2, 0.25) is 0 Å². The molecule has 2 heterocycles. The molecular weight excluding hydrogens is 349 g/mol. The Labute approximate surface area is 151 Å². The summed E-state index contributed by atoms with van der Waals surface area (Å²) in [4.78, 5) is 17.5. The van der Waals surface area contributed by atoms with Crippen molar-refractivity contribution in [2.45, 2.75) is 32.2 Å². The number of anilines is 1. The molecule has 0 bridgehead atoms. The van der Waals surface area contributed by atoms with Gasteiger partial charge < -0.3 is 10.6 Å². The first-order valence-electron chi connectivity index (χ1n) is 7.84. The maximum Gasteiger partial charge on any atom is 0.229 e. The third-order valence-electron chi connectivity index (χ3n) is 4.10. The number of carbonyl (C=O) groups excluding carboxylic acids is 1. The van der Waals surface area contributed by atoms with Gasteiger partial charge in [-0.25, -0.2) is 9.37 Å². The SMILES string of the molecule is C[C@H]1C[C@@H](C(=O)Nc2ncc(Cc3ccccc3F)s2)CCN1.Cl. The number of benzene rings is 1. The van der Waals surface area contributed by atoms with Crippen LogP contribution in [0.25, 0.3) is 0 Å². The Kier molecular flexibility index (Phi) is 6.71. The van der Waals surface area contributed by atoms with Crippen LogP contribution < -0.4 is 10.6 Å². The van der Waals surface area contributed by atoms with Gasteiger partial charge in [0.25, 0.3) is 0 Å². The predicted molar refractivity (Wildman–Crippen MR) is 97.4 cm³/mol. The number of aromatic nitrogens is 1. The van der Waals surface area contributed by atoms with Crippen LogP contribution in [0.1, 0.15) is 30.2 Å². The molecule has 130 valence electrons. The topological polar surface area (TPSA) is 54.0 Å². The average molecular weight is 370 g/mol. The number of rotatable bonds is 4. The molecule has 4 nitrogen and oxygen atoms in total. The highest BCUT2D eigenvalue weighted by Crippen LogP contribution is 2.24. The minimum atomic E-state index is -0.213. The smallest absolute Gasteiger partial charge is 0.229 e. The van der Waals surface area contributed by atoms with E-state index in [1.54, 1.807) is 18.3 Å². The van der Waals surface area contributed by atoms with Crippen LogP contribution in [-0.4, -0.2) is 23.5 Å². The summed E-state index contributed by atoms with van der Waals surface area (Å²) in [6.45, 7) is 2.96. The number of amides is 1. The molecular formula is C17H21ClFN3OS. The fourth-order valence-electron chi connectivity index (χ4n) is 2.85. The zero-order chi connectivity index (χ0) is 16.2. The highest BCUT2D eigenvalue weighted by Gasteiger charge is 2.25. The van der Waals surface area contributed by atoms with Gasteiger partial charge in [-0.15, -0.1) is 23.7 Å². The van der Waals surface area contributed by atoms with Crippen LogP contribution >= 0.6 is 23.7 Å². The third-order valence-corrected chi connectivity index (χ3v) is 5.01. The molecule has 0 unspecified atom stereocenters. The van der Waals surface area contributed by atoms with Gasteiger partial charge in [0, 0.05) is 29.5 Å². The third kappa shape index (κ3) is 4.75. The number of hydrogen-bond acceptors (Lipinski definition) is 4. The van der Waals surface area contributed by atoms with Crippen molar-refractivity contribution in [3.63, 3.8) is 0 Å². The fraction of sp³-hybridized carbons (Fsp3) is 0.412. The maximum absolute atomic E-state index is 13.7. The summed E-state index contributed by atoms with van der Waals surface area (Å²) in [6.07, 6.45) is 3.89. The monoisotopic (exact) mass is 369 g/mol. The summed E-state index contributed by atoms with van der Waals surface area (Å²) in [5, 5.41) is 6.83. The van der Waals surface area contributed by atoms with E-state index in [9.17, 15) is 9.18 Å². The molecule has 1 amide bonds. The lowest BCUT2D eigenvalue weighted by Crippen LogP contribution is -2.40. The van der Waals surface area contributed by atoms with Gasteiger partial charge in [0.2, 0.25) is 5.91 Å². The van der Waals surface area contributed by atoms with Gasteiger partial charge in [-0.3, -0.25) is 4.79 Å². The lowest BCUT2D eigenvalue weighted by atomic mass is 9.93. The molecule has 1 aromatic carbocycles. The molecule has 0 aliphatic carbocycles. The van der Waals surface area contributed by atoms with Crippen LogP contribution in [0.3, 0.4) is 0 Å². The molecule has 2 N–H and O–H groups in total. The molecule has 0 saturated carbocycles. The first kappa shape index (κ1) is 18.8. The molecule has 3 rings (SSSR count). The Bertz CT molecular complexity index is 694. The van der Waals surface area contributed by atoms with Crippen molar-refractivity contribution in [1.29, 1.82) is 0 Å². The summed E-state index contributed by atoms with van der Waals surface area (Å²) >= 11 is 1.40. The molecule has 1 saturated heterocycles. The highest BCUT2D eigenvalue weighted by atomic mass is 35.5. The molecule has 1 fully saturated rings. The fourth-order valence-corrected chi connectivity index (χ4v) is 3.69. The van der Waals surface area contributed by atoms with Crippen molar-refractivity contribution < 1.29 is 9.18 Å². The van der Waals surface area contributed by atoms with Crippen LogP contribution in [0.5, 0.6) is 0 Å². The first-order chi connectivity index (χ1) is 11.1. The van der Waals surface area contributed by atoms with Crippen LogP contribution in [0.4, 0.5) is 9.52 Å². The van der Waals surface area contributed by atoms with Gasteiger partial charge in [-0.1, -0.05) is 18.2 Å². The number of halogens is 2. The molecule has 2 atom stereocenters. The average Bonchev–Trinajstić information content (AvgIpc) is 2.97. The summed E-state index contributed by atoms with van der Waals surface area (Å²) in [6, 6.07) is 7.09. The van der Waals surface area contributed by atoms with Gasteiger partial charge >= 0.3 is 0 Å². The van der Waals surface area contributed by atoms with Gasteiger partial charge in [-0.05, 0) is 37.9 Å². The summed E-state index contributed by atoms with van der Waals surface area (Å²) in [5.74, 6) is -0.148. The van der Waals surface area contributed by atoms with Gasteiger partial charge in [0.05, 0.1) is 0 Å². The molecule has 1 aliphatic heterocycles. The van der Waals surface area contributed by atoms with E-state index in [4.69, 9.17) is 0 Å². The molecule has 2 aromatic rings. The van der Waals surface area contributed by atoms with E-state index in [0.29, 0.717) is 23.2 Å². The maximum atomic E-state index is 13.7. The zero-order valence-corrected chi connectivity index (χ0v) is 15.1. The van der Waals surface area contributed by atoms with Gasteiger partial charge in [0.15, 0.2) is 5.13 Å². The molecule has 0 spiro atoms. The van der Waals surface area contributed by atoms with E-state index >= 15 is 0 Å². The Hall–Kier alpha value is -1.50. The van der Waals surface area contributed by atoms with Gasteiger partial charge in [0.1, 0.15) is 5.82 Å². The highest BCUT2D eigenvalue weighted by molar-refractivity contribution is 7.15. The number of carbonyl (C=O) groups is 1. The lowest BCUT2D eigenvalue weighted by Gasteiger charge is -2.26. The molecule has 0 radical (unpaired) electrons. The number of nitrogens with zero attached hydrogens (tertiary/aromatic N) is 1. The normalized spacial score (nSPS) is 20.2. The van der Waals surface area contributed by atoms with E-state index in [1.807, 2.05) is 6.07 Å². The minimum Gasteiger partial charge on any atom is -0.314 e. The molecule has 1 aromatic heterocycles. The summed E-state index contributed by atoms with van der Waals surface area (Å²) < 4.78 is 13.7. The van der Waals surface area contributed by atoms with Crippen LogP contribution in [0, 0.1) is 11.7 Å².